The number of carbonyl (C=O) groups excluding carboxylic acids is 1. The minimum atomic E-state index is -0.479. The summed E-state index contributed by atoms with van der Waals surface area (Å²) in [6, 6.07) is 0. The van der Waals surface area contributed by atoms with Crippen molar-refractivity contribution in [3.05, 3.63) is 36.0 Å². The van der Waals surface area contributed by atoms with Crippen molar-refractivity contribution in [2.24, 2.45) is 0 Å². The molecule has 0 aromatic heterocycles. The van der Waals surface area contributed by atoms with Gasteiger partial charge in [-0.2, -0.15) is 0 Å². The molecule has 1 amide bonds. The van der Waals surface area contributed by atoms with Crippen LogP contribution in [-0.4, -0.2) is 31.8 Å². The molecule has 2 N–H and O–H groups in total. The summed E-state index contributed by atoms with van der Waals surface area (Å²) in [5, 5.41) is 5.79. The quantitative estimate of drug-likeness (QED) is 0.704. The van der Waals surface area contributed by atoms with Crippen molar-refractivity contribution < 1.29 is 9.53 Å². The first-order valence-electron chi connectivity index (χ1n) is 6.93. The van der Waals surface area contributed by atoms with E-state index in [0.717, 1.165) is 18.5 Å². The molecule has 0 unspecified atom stereocenters. The number of carbonyl (C=O) groups is 1. The van der Waals surface area contributed by atoms with Crippen molar-refractivity contribution in [2.45, 2.75) is 39.7 Å². The molecule has 0 aliphatic rings. The lowest BCUT2D eigenvalue weighted by atomic mass is 10.1. The summed E-state index contributed by atoms with van der Waals surface area (Å²) in [5.74, 6) is 0. The first kappa shape index (κ1) is 18.4. The van der Waals surface area contributed by atoms with Crippen LogP contribution in [0, 0.1) is 0 Å². The average molecular weight is 280 g/mol. The molecule has 0 aromatic carbocycles. The Morgan fingerprint density at radius 1 is 1.30 bits per heavy atom. The molecule has 0 aliphatic carbocycles. The Morgan fingerprint density at radius 3 is 2.45 bits per heavy atom. The lowest BCUT2D eigenvalue weighted by Gasteiger charge is -2.19. The molecular formula is C16H28N2O2. The number of hydrogen-bond donors (Lipinski definition) is 2. The summed E-state index contributed by atoms with van der Waals surface area (Å²) >= 11 is 0. The van der Waals surface area contributed by atoms with Crippen LogP contribution in [-0.2, 0) is 4.74 Å². The highest BCUT2D eigenvalue weighted by atomic mass is 16.6. The van der Waals surface area contributed by atoms with E-state index in [-0.39, 0.29) is 0 Å². The SMILES string of the molecule is C=C(/C=C\C=C(/CC)CNC)CNC(=O)OC(C)(C)C. The predicted molar refractivity (Wildman–Crippen MR) is 84.8 cm³/mol. The topological polar surface area (TPSA) is 50.4 Å². The van der Waals surface area contributed by atoms with Crippen LogP contribution in [0.3, 0.4) is 0 Å². The van der Waals surface area contributed by atoms with Crippen LogP contribution in [0.2, 0.25) is 0 Å². The molecule has 0 spiro atoms. The third kappa shape index (κ3) is 10.4. The van der Waals surface area contributed by atoms with Crippen LogP contribution in [0.4, 0.5) is 4.79 Å². The summed E-state index contributed by atoms with van der Waals surface area (Å²) in [5.41, 5.74) is 1.66. The fourth-order valence-corrected chi connectivity index (χ4v) is 1.41. The molecule has 0 aromatic rings. The standard InChI is InChI=1S/C16H28N2O2/c1-7-14(12-17-6)10-8-9-13(2)11-18-15(19)20-16(3,4)5/h8-10,17H,2,7,11-12H2,1,3-6H3,(H,18,19)/b9-8-,14-10+. The van der Waals surface area contributed by atoms with Crippen LogP contribution in [0.25, 0.3) is 0 Å². The number of allylic oxidation sites excluding steroid dienone is 2. The van der Waals surface area contributed by atoms with Gasteiger partial charge >= 0.3 is 6.09 Å². The van der Waals surface area contributed by atoms with E-state index in [4.69, 9.17) is 4.74 Å². The Hall–Kier alpha value is -1.55. The van der Waals surface area contributed by atoms with Crippen molar-refractivity contribution in [3.63, 3.8) is 0 Å². The highest BCUT2D eigenvalue weighted by Crippen LogP contribution is 2.06. The van der Waals surface area contributed by atoms with E-state index in [9.17, 15) is 4.79 Å². The van der Waals surface area contributed by atoms with E-state index in [2.05, 4.69) is 30.2 Å². The maximum absolute atomic E-state index is 11.5. The second kappa shape index (κ2) is 9.37. The molecule has 0 aliphatic heterocycles. The smallest absolute Gasteiger partial charge is 0.407 e. The fraction of sp³-hybridized carbons (Fsp3) is 0.562. The first-order valence-corrected chi connectivity index (χ1v) is 6.93. The molecular weight excluding hydrogens is 252 g/mol. The molecule has 0 atom stereocenters. The number of rotatable bonds is 7. The zero-order chi connectivity index (χ0) is 15.6. The van der Waals surface area contributed by atoms with Crippen molar-refractivity contribution in [3.8, 4) is 0 Å². The van der Waals surface area contributed by atoms with Crippen LogP contribution in [0.5, 0.6) is 0 Å². The third-order valence-electron chi connectivity index (χ3n) is 2.38. The van der Waals surface area contributed by atoms with Crippen LogP contribution in [0.15, 0.2) is 36.0 Å². The van der Waals surface area contributed by atoms with E-state index in [1.165, 1.54) is 5.57 Å². The number of alkyl carbamates (subject to hydrolysis) is 1. The zero-order valence-corrected chi connectivity index (χ0v) is 13.4. The van der Waals surface area contributed by atoms with Crippen molar-refractivity contribution in [2.75, 3.05) is 20.1 Å². The molecule has 4 heteroatoms. The molecule has 114 valence electrons. The Kier molecular flexibility index (Phi) is 8.64. The summed E-state index contributed by atoms with van der Waals surface area (Å²) in [6.07, 6.45) is 6.49. The van der Waals surface area contributed by atoms with Gasteiger partial charge in [0, 0.05) is 13.1 Å². The molecule has 0 rings (SSSR count). The Morgan fingerprint density at radius 2 is 1.95 bits per heavy atom. The Bertz CT molecular complexity index is 376. The van der Waals surface area contributed by atoms with Gasteiger partial charge in [0.05, 0.1) is 0 Å². The molecule has 0 saturated heterocycles. The normalized spacial score (nSPS) is 12.6. The van der Waals surface area contributed by atoms with Gasteiger partial charge in [-0.25, -0.2) is 4.79 Å². The lowest BCUT2D eigenvalue weighted by molar-refractivity contribution is 0.0533. The van der Waals surface area contributed by atoms with Crippen molar-refractivity contribution in [1.29, 1.82) is 0 Å². The van der Waals surface area contributed by atoms with Crippen molar-refractivity contribution >= 4 is 6.09 Å². The molecule has 0 bridgehead atoms. The summed E-state index contributed by atoms with van der Waals surface area (Å²) in [4.78, 5) is 11.5. The maximum atomic E-state index is 11.5. The largest absolute Gasteiger partial charge is 0.444 e. The highest BCUT2D eigenvalue weighted by Gasteiger charge is 2.15. The number of amides is 1. The zero-order valence-electron chi connectivity index (χ0n) is 13.4. The van der Waals surface area contributed by atoms with Gasteiger partial charge in [-0.1, -0.05) is 37.3 Å². The van der Waals surface area contributed by atoms with Crippen LogP contribution >= 0.6 is 0 Å². The van der Waals surface area contributed by atoms with Gasteiger partial charge in [0.15, 0.2) is 0 Å². The Balaban J connectivity index is 4.14. The minimum absolute atomic E-state index is 0.382. The number of nitrogens with one attached hydrogen (secondary N) is 2. The Labute approximate surface area is 123 Å². The number of likely N-dealkylation sites (N-methyl/N-ethyl adjacent to an activating group) is 1. The van der Waals surface area contributed by atoms with Gasteiger partial charge in [-0.15, -0.1) is 0 Å². The molecule has 0 radical (unpaired) electrons. The number of hydrogen-bond acceptors (Lipinski definition) is 3. The van der Waals surface area contributed by atoms with E-state index in [1.54, 1.807) is 0 Å². The van der Waals surface area contributed by atoms with E-state index in [0.29, 0.717) is 6.54 Å². The van der Waals surface area contributed by atoms with Gasteiger partial charge in [-0.3, -0.25) is 0 Å². The lowest BCUT2D eigenvalue weighted by Crippen LogP contribution is -2.33. The average Bonchev–Trinajstić information content (AvgIpc) is 2.33. The summed E-state index contributed by atoms with van der Waals surface area (Å²) in [6.45, 7) is 12.8. The van der Waals surface area contributed by atoms with E-state index in [1.807, 2.05) is 40.0 Å². The summed E-state index contributed by atoms with van der Waals surface area (Å²) in [7, 11) is 1.93. The predicted octanol–water partition coefficient (Wildman–Crippen LogP) is 3.18. The van der Waals surface area contributed by atoms with E-state index < -0.39 is 11.7 Å². The van der Waals surface area contributed by atoms with Gasteiger partial charge in [0.25, 0.3) is 0 Å². The molecule has 0 saturated carbocycles. The van der Waals surface area contributed by atoms with Crippen LogP contribution < -0.4 is 10.6 Å². The summed E-state index contributed by atoms with van der Waals surface area (Å²) < 4.78 is 5.14. The maximum Gasteiger partial charge on any atom is 0.407 e. The minimum Gasteiger partial charge on any atom is -0.444 e. The van der Waals surface area contributed by atoms with Gasteiger partial charge < -0.3 is 15.4 Å². The fourth-order valence-electron chi connectivity index (χ4n) is 1.41. The van der Waals surface area contributed by atoms with Crippen LogP contribution in [0.1, 0.15) is 34.1 Å². The van der Waals surface area contributed by atoms with Gasteiger partial charge in [0.2, 0.25) is 0 Å². The first-order chi connectivity index (χ1) is 9.28. The number of ether oxygens (including phenoxy) is 1. The highest BCUT2D eigenvalue weighted by molar-refractivity contribution is 5.68. The van der Waals surface area contributed by atoms with E-state index >= 15 is 0 Å². The molecule has 0 heterocycles. The molecule has 4 nitrogen and oxygen atoms in total. The monoisotopic (exact) mass is 280 g/mol. The third-order valence-corrected chi connectivity index (χ3v) is 2.38. The van der Waals surface area contributed by atoms with Gasteiger partial charge in [-0.05, 0) is 39.8 Å². The van der Waals surface area contributed by atoms with Crippen molar-refractivity contribution in [1.82, 2.24) is 10.6 Å². The second-order valence-electron chi connectivity index (χ2n) is 5.58. The molecule has 20 heavy (non-hydrogen) atoms. The second-order valence-corrected chi connectivity index (χ2v) is 5.58. The molecule has 0 fully saturated rings. The van der Waals surface area contributed by atoms with Gasteiger partial charge in [0.1, 0.15) is 5.60 Å².